The number of alkyl halides is 3. The number of hydrogen-bond acceptors (Lipinski definition) is 5. The number of imidazole rings is 1. The molecule has 1 amide bonds. The SMILES string of the molecule is Cc1c(-c2ccnn2-c2ccc(C#N)cc2)n(C(=O)N[C@H]2C[C@H](CN(C)C)C2)c(=O)n1-c1cccc(C(F)(F)F)c1. The van der Waals surface area contributed by atoms with Crippen molar-refractivity contribution >= 4 is 6.03 Å². The molecule has 0 atom stereocenters. The van der Waals surface area contributed by atoms with Gasteiger partial charge in [-0.1, -0.05) is 6.07 Å². The first kappa shape index (κ1) is 27.9. The van der Waals surface area contributed by atoms with E-state index < -0.39 is 23.5 Å². The molecule has 1 aliphatic carbocycles. The molecule has 12 heteroatoms. The molecule has 1 N–H and O–H groups in total. The predicted molar refractivity (Wildman–Crippen MR) is 146 cm³/mol. The van der Waals surface area contributed by atoms with Crippen LogP contribution in [0.2, 0.25) is 0 Å². The van der Waals surface area contributed by atoms with Gasteiger partial charge in [-0.25, -0.2) is 18.8 Å². The Labute approximate surface area is 234 Å². The normalized spacial score (nSPS) is 16.8. The van der Waals surface area contributed by atoms with Crippen molar-refractivity contribution in [2.24, 2.45) is 5.92 Å². The zero-order chi connectivity index (χ0) is 29.5. The molecule has 0 saturated heterocycles. The van der Waals surface area contributed by atoms with Gasteiger partial charge in [0, 0.05) is 12.6 Å². The fraction of sp³-hybridized carbons (Fsp3) is 0.310. The Morgan fingerprint density at radius 2 is 1.83 bits per heavy atom. The second-order valence-electron chi connectivity index (χ2n) is 10.5. The van der Waals surface area contributed by atoms with Gasteiger partial charge in [-0.2, -0.15) is 23.5 Å². The molecule has 0 unspecified atom stereocenters. The standard InChI is InChI=1S/C29H28F3N7O2/c1-18-26(25-11-12-34-39(25)23-9-7-19(16-33)8-10-23)38(27(40)35-22-13-20(14-22)17-36(2)3)28(41)37(18)24-6-4-5-21(15-24)29(30,31)32/h4-12,15,20,22H,13-14,17H2,1-3H3,(H,35,40)/t20-,22-. The molecule has 4 aromatic rings. The second kappa shape index (κ2) is 10.7. The minimum absolute atomic E-state index is 0.0192. The Balaban J connectivity index is 1.62. The van der Waals surface area contributed by atoms with Crippen molar-refractivity contribution < 1.29 is 18.0 Å². The molecule has 1 fully saturated rings. The molecule has 9 nitrogen and oxygen atoms in total. The number of nitrogens with one attached hydrogen (secondary N) is 1. The molecule has 0 spiro atoms. The van der Waals surface area contributed by atoms with Crippen molar-refractivity contribution in [3.63, 3.8) is 0 Å². The van der Waals surface area contributed by atoms with Crippen LogP contribution in [-0.4, -0.2) is 56.5 Å². The number of carbonyl (C=O) groups is 1. The Morgan fingerprint density at radius 1 is 1.12 bits per heavy atom. The van der Waals surface area contributed by atoms with Crippen LogP contribution >= 0.6 is 0 Å². The first-order chi connectivity index (χ1) is 19.5. The summed E-state index contributed by atoms with van der Waals surface area (Å²) in [5.74, 6) is 0.417. The molecule has 5 rings (SSSR count). The summed E-state index contributed by atoms with van der Waals surface area (Å²) in [6.45, 7) is 2.46. The number of rotatable bonds is 6. The summed E-state index contributed by atoms with van der Waals surface area (Å²) >= 11 is 0. The van der Waals surface area contributed by atoms with Crippen LogP contribution in [0.4, 0.5) is 18.0 Å². The third kappa shape index (κ3) is 5.40. The number of nitrogens with zero attached hydrogens (tertiary/aromatic N) is 6. The number of hydrogen-bond donors (Lipinski definition) is 1. The lowest BCUT2D eigenvalue weighted by atomic mass is 9.80. The van der Waals surface area contributed by atoms with E-state index in [1.165, 1.54) is 23.0 Å². The van der Waals surface area contributed by atoms with Gasteiger partial charge in [0.25, 0.3) is 0 Å². The summed E-state index contributed by atoms with van der Waals surface area (Å²) in [5.41, 5.74) is 0.113. The molecule has 1 aliphatic rings. The Kier molecular flexibility index (Phi) is 7.31. The van der Waals surface area contributed by atoms with E-state index in [1.807, 2.05) is 14.1 Å². The summed E-state index contributed by atoms with van der Waals surface area (Å²) in [4.78, 5) is 29.6. The van der Waals surface area contributed by atoms with Crippen LogP contribution in [0.1, 0.15) is 29.7 Å². The second-order valence-corrected chi connectivity index (χ2v) is 10.5. The van der Waals surface area contributed by atoms with Crippen molar-refractivity contribution in [2.45, 2.75) is 32.0 Å². The summed E-state index contributed by atoms with van der Waals surface area (Å²) in [6, 6.07) is 13.9. The van der Waals surface area contributed by atoms with Gasteiger partial charge in [-0.15, -0.1) is 0 Å². The topological polar surface area (TPSA) is 101 Å². The van der Waals surface area contributed by atoms with Crippen molar-refractivity contribution in [3.8, 4) is 28.8 Å². The highest BCUT2D eigenvalue weighted by molar-refractivity contribution is 5.83. The lowest BCUT2D eigenvalue weighted by Crippen LogP contribution is -2.49. The maximum absolute atomic E-state index is 13.8. The molecule has 2 heterocycles. The fourth-order valence-corrected chi connectivity index (χ4v) is 5.34. The zero-order valence-electron chi connectivity index (χ0n) is 22.7. The molecule has 41 heavy (non-hydrogen) atoms. The van der Waals surface area contributed by atoms with Gasteiger partial charge in [-0.3, -0.25) is 4.57 Å². The maximum atomic E-state index is 13.8. The van der Waals surface area contributed by atoms with Crippen LogP contribution in [0.15, 0.2) is 65.6 Å². The van der Waals surface area contributed by atoms with Crippen LogP contribution in [0.5, 0.6) is 0 Å². The Hall–Kier alpha value is -4.63. The largest absolute Gasteiger partial charge is 0.416 e. The van der Waals surface area contributed by atoms with Gasteiger partial charge >= 0.3 is 17.9 Å². The molecule has 0 aliphatic heterocycles. The summed E-state index contributed by atoms with van der Waals surface area (Å²) in [7, 11) is 3.96. The summed E-state index contributed by atoms with van der Waals surface area (Å²) in [5, 5.41) is 16.5. The molecule has 1 saturated carbocycles. The Bertz CT molecular complexity index is 1680. The Morgan fingerprint density at radius 3 is 2.46 bits per heavy atom. The van der Waals surface area contributed by atoms with Crippen LogP contribution in [0.25, 0.3) is 22.8 Å². The van der Waals surface area contributed by atoms with Crippen molar-refractivity contribution in [3.05, 3.63) is 88.1 Å². The molecule has 2 aromatic heterocycles. The monoisotopic (exact) mass is 563 g/mol. The molecule has 212 valence electrons. The first-order valence-electron chi connectivity index (χ1n) is 13.0. The lowest BCUT2D eigenvalue weighted by molar-refractivity contribution is -0.137. The zero-order valence-corrected chi connectivity index (χ0v) is 22.7. The van der Waals surface area contributed by atoms with E-state index >= 15 is 0 Å². The van der Waals surface area contributed by atoms with E-state index in [0.29, 0.717) is 22.9 Å². The third-order valence-electron chi connectivity index (χ3n) is 7.23. The fourth-order valence-electron chi connectivity index (χ4n) is 5.34. The number of carbonyl (C=O) groups excluding carboxylic acids is 1. The van der Waals surface area contributed by atoms with Crippen LogP contribution in [-0.2, 0) is 6.18 Å². The van der Waals surface area contributed by atoms with Gasteiger partial charge < -0.3 is 10.2 Å². The highest BCUT2D eigenvalue weighted by Crippen LogP contribution is 2.32. The van der Waals surface area contributed by atoms with Gasteiger partial charge in [0.05, 0.1) is 46.2 Å². The van der Waals surface area contributed by atoms with Crippen molar-refractivity contribution in [2.75, 3.05) is 20.6 Å². The van der Waals surface area contributed by atoms with Gasteiger partial charge in [0.1, 0.15) is 5.69 Å². The average molecular weight is 564 g/mol. The highest BCUT2D eigenvalue weighted by Gasteiger charge is 2.34. The predicted octanol–water partition coefficient (Wildman–Crippen LogP) is 4.59. The van der Waals surface area contributed by atoms with Gasteiger partial charge in [0.2, 0.25) is 0 Å². The summed E-state index contributed by atoms with van der Waals surface area (Å²) in [6.07, 6.45) is -1.61. The number of halogens is 3. The quantitative estimate of drug-likeness (QED) is 0.370. The molecule has 2 aromatic carbocycles. The third-order valence-corrected chi connectivity index (χ3v) is 7.23. The highest BCUT2D eigenvalue weighted by atomic mass is 19.4. The average Bonchev–Trinajstić information content (AvgIpc) is 3.48. The van der Waals surface area contributed by atoms with E-state index in [-0.39, 0.29) is 23.1 Å². The van der Waals surface area contributed by atoms with Crippen molar-refractivity contribution in [1.82, 2.24) is 29.1 Å². The van der Waals surface area contributed by atoms with Crippen molar-refractivity contribution in [1.29, 1.82) is 5.26 Å². The maximum Gasteiger partial charge on any atom is 0.416 e. The van der Waals surface area contributed by atoms with Crippen LogP contribution in [0.3, 0.4) is 0 Å². The van der Waals surface area contributed by atoms with Gasteiger partial charge in [0.15, 0.2) is 0 Å². The first-order valence-corrected chi connectivity index (χ1v) is 13.0. The van der Waals surface area contributed by atoms with E-state index in [4.69, 9.17) is 5.26 Å². The van der Waals surface area contributed by atoms with Crippen LogP contribution < -0.4 is 11.0 Å². The molecular formula is C29H28F3N7O2. The number of aromatic nitrogens is 4. The number of benzene rings is 2. The smallest absolute Gasteiger partial charge is 0.335 e. The number of amides is 1. The molecular weight excluding hydrogens is 535 g/mol. The van der Waals surface area contributed by atoms with Gasteiger partial charge in [-0.05, 0) is 88.3 Å². The minimum atomic E-state index is -4.61. The van der Waals surface area contributed by atoms with Crippen LogP contribution in [0, 0.1) is 24.2 Å². The molecule has 0 radical (unpaired) electrons. The van der Waals surface area contributed by atoms with E-state index in [2.05, 4.69) is 21.4 Å². The number of nitriles is 1. The van der Waals surface area contributed by atoms with E-state index in [1.54, 1.807) is 37.3 Å². The van der Waals surface area contributed by atoms with E-state index in [0.717, 1.165) is 40.7 Å². The minimum Gasteiger partial charge on any atom is -0.335 e. The summed E-state index contributed by atoms with van der Waals surface area (Å²) < 4.78 is 44.2. The molecule has 0 bridgehead atoms. The van der Waals surface area contributed by atoms with E-state index in [9.17, 15) is 22.8 Å². The lowest BCUT2D eigenvalue weighted by Gasteiger charge is -2.37.